The monoisotopic (exact) mass is 477 g/mol. The quantitative estimate of drug-likeness (QED) is 0.524. The number of ether oxygens (including phenoxy) is 1. The molecular formula is C28H32FN3O3. The van der Waals surface area contributed by atoms with E-state index in [9.17, 15) is 14.0 Å². The summed E-state index contributed by atoms with van der Waals surface area (Å²) in [6, 6.07) is 13.8. The van der Waals surface area contributed by atoms with E-state index in [1.165, 1.54) is 25.0 Å². The predicted octanol–water partition coefficient (Wildman–Crippen LogP) is 5.04. The highest BCUT2D eigenvalue weighted by Gasteiger charge is 2.48. The summed E-state index contributed by atoms with van der Waals surface area (Å²) in [5.41, 5.74) is 1.07. The zero-order chi connectivity index (χ0) is 24.6. The summed E-state index contributed by atoms with van der Waals surface area (Å²) in [7, 11) is 1.61. The molecule has 1 aliphatic heterocycles. The Kier molecular flexibility index (Phi) is 6.26. The van der Waals surface area contributed by atoms with Crippen molar-refractivity contribution in [2.75, 3.05) is 7.11 Å². The number of nitrogens with one attached hydrogen (secondary N) is 1. The van der Waals surface area contributed by atoms with Crippen molar-refractivity contribution in [3.8, 4) is 5.75 Å². The number of fused-ring (bicyclic) bond motifs is 3. The fourth-order valence-electron chi connectivity index (χ4n) is 5.44. The molecule has 7 heteroatoms. The van der Waals surface area contributed by atoms with Crippen LogP contribution in [0.3, 0.4) is 0 Å². The highest BCUT2D eigenvalue weighted by molar-refractivity contribution is 6.03. The first-order chi connectivity index (χ1) is 16.9. The van der Waals surface area contributed by atoms with Crippen LogP contribution in [0.15, 0.2) is 48.5 Å². The van der Waals surface area contributed by atoms with Crippen LogP contribution in [0.1, 0.15) is 61.5 Å². The number of benzene rings is 2. The van der Waals surface area contributed by atoms with Crippen molar-refractivity contribution in [2.45, 2.75) is 70.1 Å². The number of amides is 2. The van der Waals surface area contributed by atoms with Gasteiger partial charge in [0, 0.05) is 24.0 Å². The molecular weight excluding hydrogens is 445 g/mol. The van der Waals surface area contributed by atoms with Crippen molar-refractivity contribution in [1.82, 2.24) is 14.8 Å². The van der Waals surface area contributed by atoms with Gasteiger partial charge in [0.2, 0.25) is 5.91 Å². The van der Waals surface area contributed by atoms with Crippen LogP contribution in [0.5, 0.6) is 5.75 Å². The fourth-order valence-corrected chi connectivity index (χ4v) is 5.44. The minimum Gasteiger partial charge on any atom is -0.497 e. The van der Waals surface area contributed by atoms with Crippen LogP contribution >= 0.6 is 0 Å². The summed E-state index contributed by atoms with van der Waals surface area (Å²) in [6.07, 6.45) is 6.52. The van der Waals surface area contributed by atoms with E-state index in [-0.39, 0.29) is 30.2 Å². The number of rotatable bonds is 5. The Hall–Kier alpha value is -3.35. The van der Waals surface area contributed by atoms with Gasteiger partial charge in [-0.3, -0.25) is 9.59 Å². The summed E-state index contributed by atoms with van der Waals surface area (Å²) in [4.78, 5) is 29.4. The first-order valence-electron chi connectivity index (χ1n) is 12.4. The maximum atomic E-state index is 13.9. The minimum absolute atomic E-state index is 0.118. The number of nitrogens with zero attached hydrogens (tertiary/aromatic N) is 2. The number of hydrogen-bond donors (Lipinski definition) is 1. The molecule has 1 fully saturated rings. The SMILES string of the molecule is COc1ccc2cc3n(c2c1)C[C@](C)(C(=O)NC1CCCCCC1)N(Cc1ccc(F)cc1)C3=O. The van der Waals surface area contributed by atoms with Gasteiger partial charge in [-0.2, -0.15) is 0 Å². The molecule has 1 N–H and O–H groups in total. The fraction of sp³-hybridized carbons (Fsp3) is 0.429. The maximum absolute atomic E-state index is 13.9. The van der Waals surface area contributed by atoms with Crippen molar-refractivity contribution >= 4 is 22.7 Å². The second-order valence-corrected chi connectivity index (χ2v) is 9.99. The van der Waals surface area contributed by atoms with Crippen molar-refractivity contribution in [3.05, 3.63) is 65.6 Å². The molecule has 1 saturated carbocycles. The van der Waals surface area contributed by atoms with Crippen LogP contribution < -0.4 is 10.1 Å². The first kappa shape index (κ1) is 23.4. The third-order valence-electron chi connectivity index (χ3n) is 7.57. The molecule has 0 radical (unpaired) electrons. The molecule has 184 valence electrons. The van der Waals surface area contributed by atoms with Crippen molar-refractivity contribution < 1.29 is 18.7 Å². The van der Waals surface area contributed by atoms with Crippen molar-refractivity contribution in [2.24, 2.45) is 0 Å². The van der Waals surface area contributed by atoms with Gasteiger partial charge in [-0.1, -0.05) is 37.8 Å². The van der Waals surface area contributed by atoms with Gasteiger partial charge in [-0.15, -0.1) is 0 Å². The molecule has 3 aromatic rings. The Morgan fingerprint density at radius 2 is 1.80 bits per heavy atom. The lowest BCUT2D eigenvalue weighted by Crippen LogP contribution is -2.64. The van der Waals surface area contributed by atoms with E-state index in [4.69, 9.17) is 4.74 Å². The second kappa shape index (κ2) is 9.36. The Bertz CT molecular complexity index is 1240. The molecule has 2 heterocycles. The van der Waals surface area contributed by atoms with E-state index in [0.717, 1.165) is 42.1 Å². The summed E-state index contributed by atoms with van der Waals surface area (Å²) in [6.45, 7) is 2.39. The largest absolute Gasteiger partial charge is 0.497 e. The molecule has 0 spiro atoms. The third kappa shape index (κ3) is 4.40. The number of methoxy groups -OCH3 is 1. The van der Waals surface area contributed by atoms with Crippen molar-refractivity contribution in [1.29, 1.82) is 0 Å². The summed E-state index contributed by atoms with van der Waals surface area (Å²) in [5.74, 6) is 0.00961. The number of aromatic nitrogens is 1. The van der Waals surface area contributed by atoms with Gasteiger partial charge in [0.25, 0.3) is 5.91 Å². The smallest absolute Gasteiger partial charge is 0.271 e. The number of hydrogen-bond acceptors (Lipinski definition) is 3. The third-order valence-corrected chi connectivity index (χ3v) is 7.57. The summed E-state index contributed by atoms with van der Waals surface area (Å²) in [5, 5.41) is 4.20. The molecule has 5 rings (SSSR count). The highest BCUT2D eigenvalue weighted by Crippen LogP contribution is 2.35. The average Bonchev–Trinajstić information content (AvgIpc) is 3.01. The zero-order valence-electron chi connectivity index (χ0n) is 20.4. The van der Waals surface area contributed by atoms with Gasteiger partial charge in [-0.25, -0.2) is 4.39 Å². The van der Waals surface area contributed by atoms with E-state index >= 15 is 0 Å². The highest BCUT2D eigenvalue weighted by atomic mass is 19.1. The molecule has 2 amide bonds. The molecule has 35 heavy (non-hydrogen) atoms. The van der Waals surface area contributed by atoms with Gasteiger partial charge in [0.1, 0.15) is 22.8 Å². The molecule has 1 atom stereocenters. The normalized spacial score (nSPS) is 21.0. The molecule has 2 aliphatic rings. The van der Waals surface area contributed by atoms with Crippen LogP contribution in [0.2, 0.25) is 0 Å². The first-order valence-corrected chi connectivity index (χ1v) is 12.4. The van der Waals surface area contributed by atoms with Crippen molar-refractivity contribution in [3.63, 3.8) is 0 Å². The Morgan fingerprint density at radius 1 is 1.09 bits per heavy atom. The van der Waals surface area contributed by atoms with Crippen LogP contribution in [0, 0.1) is 5.82 Å². The lowest BCUT2D eigenvalue weighted by molar-refractivity contribution is -0.134. The average molecular weight is 478 g/mol. The lowest BCUT2D eigenvalue weighted by Gasteiger charge is -2.44. The van der Waals surface area contributed by atoms with Crippen LogP contribution in [0.25, 0.3) is 10.9 Å². The standard InChI is InChI=1S/C28H32FN3O3/c1-28(27(34)30-22-7-5-3-4-6-8-22)18-31-24-16-23(35-2)14-11-20(24)15-25(31)26(33)32(28)17-19-9-12-21(29)13-10-19/h9-16,22H,3-8,17-18H2,1-2H3,(H,30,34)/t28-/m1/s1. The molecule has 6 nitrogen and oxygen atoms in total. The summed E-state index contributed by atoms with van der Waals surface area (Å²) >= 11 is 0. The van der Waals surface area contributed by atoms with E-state index in [2.05, 4.69) is 5.32 Å². The van der Waals surface area contributed by atoms with E-state index in [1.807, 2.05) is 35.8 Å². The van der Waals surface area contributed by atoms with Gasteiger partial charge in [-0.05, 0) is 55.7 Å². The van der Waals surface area contributed by atoms with Crippen LogP contribution in [-0.2, 0) is 17.9 Å². The van der Waals surface area contributed by atoms with E-state index < -0.39 is 5.54 Å². The molecule has 0 bridgehead atoms. The Morgan fingerprint density at radius 3 is 2.49 bits per heavy atom. The minimum atomic E-state index is -1.11. The van der Waals surface area contributed by atoms with Gasteiger partial charge < -0.3 is 19.5 Å². The Labute approximate surface area is 205 Å². The van der Waals surface area contributed by atoms with Crippen LogP contribution in [0.4, 0.5) is 4.39 Å². The lowest BCUT2D eigenvalue weighted by atomic mass is 9.93. The Balaban J connectivity index is 1.55. The van der Waals surface area contributed by atoms with E-state index in [1.54, 1.807) is 24.1 Å². The molecule has 2 aromatic carbocycles. The molecule has 1 aliphatic carbocycles. The number of carbonyl (C=O) groups excluding carboxylic acids is 2. The van der Waals surface area contributed by atoms with Gasteiger partial charge in [0.15, 0.2) is 0 Å². The van der Waals surface area contributed by atoms with E-state index in [0.29, 0.717) is 18.0 Å². The summed E-state index contributed by atoms with van der Waals surface area (Å²) < 4.78 is 20.9. The molecule has 0 unspecified atom stereocenters. The van der Waals surface area contributed by atoms with Gasteiger partial charge in [0.05, 0.1) is 19.2 Å². The second-order valence-electron chi connectivity index (χ2n) is 9.99. The number of halogens is 1. The maximum Gasteiger partial charge on any atom is 0.271 e. The molecule has 0 saturated heterocycles. The van der Waals surface area contributed by atoms with Gasteiger partial charge >= 0.3 is 0 Å². The topological polar surface area (TPSA) is 63.6 Å². The molecule has 1 aromatic heterocycles. The van der Waals surface area contributed by atoms with Crippen LogP contribution in [-0.4, -0.2) is 40.0 Å². The number of carbonyl (C=O) groups is 2. The zero-order valence-corrected chi connectivity index (χ0v) is 20.4. The predicted molar refractivity (Wildman–Crippen MR) is 133 cm³/mol.